The van der Waals surface area contributed by atoms with Gasteiger partial charge >= 0.3 is 5.97 Å². The Morgan fingerprint density at radius 3 is 2.44 bits per heavy atom. The molecular formula is C22H19Cl3N4O6S. The normalized spacial score (nSPS) is 23.2. The maximum absolute atomic E-state index is 13.4. The van der Waals surface area contributed by atoms with Gasteiger partial charge in [0.25, 0.3) is 11.8 Å². The van der Waals surface area contributed by atoms with Gasteiger partial charge < -0.3 is 14.8 Å². The van der Waals surface area contributed by atoms with Gasteiger partial charge in [-0.1, -0.05) is 53.0 Å². The summed E-state index contributed by atoms with van der Waals surface area (Å²) in [5.41, 5.74) is -0.0514. The zero-order chi connectivity index (χ0) is 26.6. The number of nitriles is 2. The monoisotopic (exact) mass is 572 g/mol. The molecule has 2 amide bonds. The number of carbonyl (C=O) groups is 3. The first-order valence-electron chi connectivity index (χ1n) is 10.4. The SMILES string of the molecule is CC1=C(C(=O)OCC(Cl)(Cl)Cl)N2C(=O)C(NC(=O)COc3ccccc3)[C@@H]2S(=O)C1CC(C#N)C#N. The predicted octanol–water partition coefficient (Wildman–Crippen LogP) is 2.09. The maximum Gasteiger partial charge on any atom is 0.355 e. The Labute approximate surface area is 224 Å². The van der Waals surface area contributed by atoms with E-state index in [1.54, 1.807) is 42.5 Å². The largest absolute Gasteiger partial charge is 0.484 e. The number of hydrogen-bond donors (Lipinski definition) is 1. The third-order valence-electron chi connectivity index (χ3n) is 5.41. The molecule has 0 saturated carbocycles. The van der Waals surface area contributed by atoms with E-state index in [4.69, 9.17) is 44.3 Å². The smallest absolute Gasteiger partial charge is 0.355 e. The van der Waals surface area contributed by atoms with E-state index in [1.165, 1.54) is 6.92 Å². The van der Waals surface area contributed by atoms with Crippen LogP contribution < -0.4 is 10.1 Å². The summed E-state index contributed by atoms with van der Waals surface area (Å²) in [5, 5.41) is 18.8. The number of rotatable bonds is 8. The van der Waals surface area contributed by atoms with E-state index in [-0.39, 0.29) is 17.7 Å². The van der Waals surface area contributed by atoms with Crippen molar-refractivity contribution in [3.63, 3.8) is 0 Å². The molecule has 2 aliphatic heterocycles. The molecule has 1 aromatic carbocycles. The summed E-state index contributed by atoms with van der Waals surface area (Å²) in [7, 11) is -1.88. The topological polar surface area (TPSA) is 150 Å². The Morgan fingerprint density at radius 2 is 1.86 bits per heavy atom. The molecule has 3 unspecified atom stereocenters. The van der Waals surface area contributed by atoms with Crippen molar-refractivity contribution in [3.05, 3.63) is 41.6 Å². The van der Waals surface area contributed by atoms with Gasteiger partial charge in [0.1, 0.15) is 35.4 Å². The Bertz CT molecular complexity index is 1180. The number of amides is 2. The number of hydrogen-bond acceptors (Lipinski definition) is 8. The molecule has 1 saturated heterocycles. The van der Waals surface area contributed by atoms with Gasteiger partial charge in [-0.15, -0.1) is 0 Å². The van der Waals surface area contributed by atoms with Gasteiger partial charge in [-0.3, -0.25) is 18.7 Å². The van der Waals surface area contributed by atoms with E-state index in [0.29, 0.717) is 5.75 Å². The Hall–Kier alpha value is -2.83. The van der Waals surface area contributed by atoms with Crippen molar-refractivity contribution in [1.82, 2.24) is 10.2 Å². The molecule has 1 fully saturated rings. The second kappa shape index (κ2) is 11.5. The Kier molecular flexibility index (Phi) is 8.85. The van der Waals surface area contributed by atoms with Crippen molar-refractivity contribution in [2.24, 2.45) is 5.92 Å². The van der Waals surface area contributed by atoms with Crippen LogP contribution >= 0.6 is 34.8 Å². The molecule has 0 aliphatic carbocycles. The molecule has 0 aromatic heterocycles. The van der Waals surface area contributed by atoms with Crippen LogP contribution in [0.1, 0.15) is 13.3 Å². The van der Waals surface area contributed by atoms with E-state index in [0.717, 1.165) is 4.90 Å². The Balaban J connectivity index is 1.83. The number of esters is 1. The summed E-state index contributed by atoms with van der Waals surface area (Å²) in [6, 6.07) is 10.9. The molecule has 0 radical (unpaired) electrons. The fourth-order valence-corrected chi connectivity index (χ4v) is 5.95. The predicted molar refractivity (Wildman–Crippen MR) is 130 cm³/mol. The number of nitrogens with one attached hydrogen (secondary N) is 1. The van der Waals surface area contributed by atoms with E-state index >= 15 is 0 Å². The quantitative estimate of drug-likeness (QED) is 0.282. The average Bonchev–Trinajstić information content (AvgIpc) is 2.84. The molecule has 0 spiro atoms. The number of para-hydroxylation sites is 1. The van der Waals surface area contributed by atoms with Gasteiger partial charge in [0.05, 0.1) is 28.2 Å². The second-order valence-corrected chi connectivity index (χ2v) is 12.1. The number of ether oxygens (including phenoxy) is 2. The number of carbonyl (C=O) groups excluding carboxylic acids is 3. The first-order chi connectivity index (χ1) is 17.0. The standard InChI is InChI=1S/C22H19Cl3N4O6S/c1-12-15(7-13(8-26)9-27)36(33)20-17(28-16(30)10-34-14-5-3-2-4-6-14)19(31)29(20)18(12)21(32)35-11-22(23,24)25/h2-6,13,15,17,20H,7,10-11H2,1H3,(H,28,30)/t15?,17?,20-,36?/m0/s1. The highest BCUT2D eigenvalue weighted by Crippen LogP contribution is 2.40. The van der Waals surface area contributed by atoms with Gasteiger partial charge in [0.15, 0.2) is 6.61 Å². The third-order valence-corrected chi connectivity index (χ3v) is 7.80. The molecular weight excluding hydrogens is 555 g/mol. The highest BCUT2D eigenvalue weighted by molar-refractivity contribution is 7.86. The van der Waals surface area contributed by atoms with Crippen molar-refractivity contribution in [2.75, 3.05) is 13.2 Å². The van der Waals surface area contributed by atoms with Crippen molar-refractivity contribution < 1.29 is 28.1 Å². The van der Waals surface area contributed by atoms with Gasteiger partial charge in [-0.2, -0.15) is 10.5 Å². The van der Waals surface area contributed by atoms with Crippen LogP contribution in [0.3, 0.4) is 0 Å². The van der Waals surface area contributed by atoms with E-state index in [2.05, 4.69) is 5.32 Å². The molecule has 0 bridgehead atoms. The lowest BCUT2D eigenvalue weighted by atomic mass is 9.97. The summed E-state index contributed by atoms with van der Waals surface area (Å²) < 4.78 is 21.9. The van der Waals surface area contributed by atoms with Gasteiger partial charge in [-0.25, -0.2) is 4.79 Å². The van der Waals surface area contributed by atoms with E-state index < -0.39 is 68.2 Å². The molecule has 2 aliphatic rings. The van der Waals surface area contributed by atoms with Crippen molar-refractivity contribution in [3.8, 4) is 17.9 Å². The lowest BCUT2D eigenvalue weighted by Crippen LogP contribution is -2.74. The molecule has 1 aromatic rings. The minimum absolute atomic E-state index is 0.164. The minimum Gasteiger partial charge on any atom is -0.484 e. The van der Waals surface area contributed by atoms with E-state index in [1.807, 2.05) is 0 Å². The lowest BCUT2D eigenvalue weighted by Gasteiger charge is -2.51. The highest BCUT2D eigenvalue weighted by Gasteiger charge is 2.59. The molecule has 2 heterocycles. The fraction of sp³-hybridized carbons (Fsp3) is 0.409. The zero-order valence-corrected chi connectivity index (χ0v) is 21.7. The number of alkyl halides is 3. The van der Waals surface area contributed by atoms with E-state index in [9.17, 15) is 29.1 Å². The number of benzene rings is 1. The summed E-state index contributed by atoms with van der Waals surface area (Å²) in [6.07, 6.45) is -0.164. The summed E-state index contributed by atoms with van der Waals surface area (Å²) in [4.78, 5) is 39.3. The molecule has 36 heavy (non-hydrogen) atoms. The minimum atomic E-state index is -1.92. The van der Waals surface area contributed by atoms with Crippen LogP contribution in [-0.2, 0) is 29.9 Å². The molecule has 10 nitrogen and oxygen atoms in total. The van der Waals surface area contributed by atoms with Crippen LogP contribution in [0.25, 0.3) is 0 Å². The number of nitrogens with zero attached hydrogens (tertiary/aromatic N) is 3. The number of halogens is 3. The van der Waals surface area contributed by atoms with Gasteiger partial charge in [0, 0.05) is 0 Å². The van der Waals surface area contributed by atoms with Gasteiger partial charge in [0.2, 0.25) is 3.79 Å². The third kappa shape index (κ3) is 6.11. The van der Waals surface area contributed by atoms with Crippen LogP contribution in [0, 0.1) is 28.6 Å². The summed E-state index contributed by atoms with van der Waals surface area (Å²) in [6.45, 7) is 0.418. The fourth-order valence-electron chi connectivity index (χ4n) is 3.73. The number of β-lactam (4-membered cyclic amide) rings is 1. The molecule has 3 rings (SSSR count). The van der Waals surface area contributed by atoms with Crippen molar-refractivity contribution >= 4 is 63.4 Å². The van der Waals surface area contributed by atoms with Crippen LogP contribution in [-0.4, -0.2) is 60.6 Å². The van der Waals surface area contributed by atoms with Crippen LogP contribution in [0.5, 0.6) is 5.75 Å². The van der Waals surface area contributed by atoms with Crippen LogP contribution in [0.15, 0.2) is 41.6 Å². The Morgan fingerprint density at radius 1 is 1.22 bits per heavy atom. The molecule has 1 N–H and O–H groups in total. The average molecular weight is 574 g/mol. The number of fused-ring (bicyclic) bond motifs is 1. The van der Waals surface area contributed by atoms with Crippen molar-refractivity contribution in [1.29, 1.82) is 10.5 Å². The van der Waals surface area contributed by atoms with Crippen molar-refractivity contribution in [2.45, 2.75) is 33.8 Å². The van der Waals surface area contributed by atoms with Gasteiger partial charge in [-0.05, 0) is 31.1 Å². The first kappa shape index (κ1) is 27.8. The molecule has 14 heteroatoms. The maximum atomic E-state index is 13.4. The lowest BCUT2D eigenvalue weighted by molar-refractivity contribution is -0.153. The summed E-state index contributed by atoms with van der Waals surface area (Å²) in [5.74, 6) is -3.04. The zero-order valence-electron chi connectivity index (χ0n) is 18.7. The highest BCUT2D eigenvalue weighted by atomic mass is 35.6. The second-order valence-electron chi connectivity index (χ2n) is 7.83. The molecule has 4 atom stereocenters. The first-order valence-corrected chi connectivity index (χ1v) is 12.8. The summed E-state index contributed by atoms with van der Waals surface area (Å²) >= 11 is 16.9. The molecule has 190 valence electrons. The van der Waals surface area contributed by atoms with Crippen LogP contribution in [0.2, 0.25) is 0 Å². The van der Waals surface area contributed by atoms with Crippen LogP contribution in [0.4, 0.5) is 0 Å².